The van der Waals surface area contributed by atoms with Crippen molar-refractivity contribution in [3.8, 4) is 0 Å². The van der Waals surface area contributed by atoms with Crippen LogP contribution in [0.5, 0.6) is 0 Å². The van der Waals surface area contributed by atoms with Gasteiger partial charge in [0.1, 0.15) is 0 Å². The van der Waals surface area contributed by atoms with Gasteiger partial charge in [-0.15, -0.1) is 0 Å². The summed E-state index contributed by atoms with van der Waals surface area (Å²) in [5.41, 5.74) is 1.48. The van der Waals surface area contributed by atoms with E-state index in [0.717, 1.165) is 18.4 Å². The van der Waals surface area contributed by atoms with Crippen LogP contribution in [0.1, 0.15) is 45.1 Å². The number of nitrogens with zero attached hydrogens (tertiary/aromatic N) is 1. The average molecular weight is 246 g/mol. The summed E-state index contributed by atoms with van der Waals surface area (Å²) in [7, 11) is 0. The molecule has 1 aromatic heterocycles. The highest BCUT2D eigenvalue weighted by Gasteiger charge is 2.27. The van der Waals surface area contributed by atoms with Gasteiger partial charge in [0.2, 0.25) is 5.91 Å². The molecule has 0 saturated heterocycles. The molecule has 0 unspecified atom stereocenters. The van der Waals surface area contributed by atoms with E-state index in [0.29, 0.717) is 17.9 Å². The van der Waals surface area contributed by atoms with Crippen molar-refractivity contribution in [3.05, 3.63) is 30.1 Å². The minimum absolute atomic E-state index is 0.130. The van der Waals surface area contributed by atoms with E-state index in [1.54, 1.807) is 12.4 Å². The maximum absolute atomic E-state index is 11.9. The molecule has 1 aromatic rings. The van der Waals surface area contributed by atoms with Crippen LogP contribution in [0.3, 0.4) is 0 Å². The third-order valence-corrected chi connectivity index (χ3v) is 3.82. The van der Waals surface area contributed by atoms with Gasteiger partial charge in [-0.3, -0.25) is 9.78 Å². The van der Waals surface area contributed by atoms with Crippen molar-refractivity contribution in [2.75, 3.05) is 0 Å². The van der Waals surface area contributed by atoms with Crippen LogP contribution < -0.4 is 5.32 Å². The van der Waals surface area contributed by atoms with E-state index in [2.05, 4.69) is 24.1 Å². The van der Waals surface area contributed by atoms with E-state index in [1.165, 1.54) is 12.8 Å². The molecule has 1 aliphatic rings. The van der Waals surface area contributed by atoms with E-state index >= 15 is 0 Å². The lowest BCUT2D eigenvalue weighted by Crippen LogP contribution is -2.39. The Kier molecular flexibility index (Phi) is 4.00. The van der Waals surface area contributed by atoms with Gasteiger partial charge >= 0.3 is 0 Å². The molecule has 0 spiro atoms. The van der Waals surface area contributed by atoms with Gasteiger partial charge in [-0.05, 0) is 48.8 Å². The van der Waals surface area contributed by atoms with Gasteiger partial charge < -0.3 is 5.32 Å². The third-order valence-electron chi connectivity index (χ3n) is 3.82. The molecule has 1 amide bonds. The molecular weight excluding hydrogens is 224 g/mol. The maximum atomic E-state index is 11.9. The van der Waals surface area contributed by atoms with Crippen LogP contribution in [-0.2, 0) is 11.2 Å². The Morgan fingerprint density at radius 2 is 1.94 bits per heavy atom. The molecule has 1 aliphatic carbocycles. The number of pyridine rings is 1. The third kappa shape index (κ3) is 3.83. The molecule has 0 bridgehead atoms. The van der Waals surface area contributed by atoms with E-state index in [-0.39, 0.29) is 5.91 Å². The Bertz CT molecular complexity index is 390. The number of carbonyl (C=O) groups is 1. The first-order valence-electron chi connectivity index (χ1n) is 6.73. The van der Waals surface area contributed by atoms with Gasteiger partial charge in [-0.1, -0.05) is 13.8 Å². The zero-order valence-corrected chi connectivity index (χ0v) is 11.3. The largest absolute Gasteiger partial charge is 0.353 e. The normalized spacial score (nSPS) is 19.4. The highest BCUT2D eigenvalue weighted by molar-refractivity contribution is 5.78. The molecular formula is C15H22N2O. The number of nitrogens with one attached hydrogen (secondary N) is 1. The lowest BCUT2D eigenvalue weighted by Gasteiger charge is -2.34. The quantitative estimate of drug-likeness (QED) is 0.891. The second-order valence-electron chi connectivity index (χ2n) is 6.04. The fraction of sp³-hybridized carbons (Fsp3) is 0.600. The number of amides is 1. The summed E-state index contributed by atoms with van der Waals surface area (Å²) in [6.45, 7) is 4.62. The molecule has 0 atom stereocenters. The molecule has 1 heterocycles. The van der Waals surface area contributed by atoms with Crippen LogP contribution >= 0.6 is 0 Å². The Labute approximate surface area is 109 Å². The van der Waals surface area contributed by atoms with Crippen molar-refractivity contribution in [3.63, 3.8) is 0 Å². The van der Waals surface area contributed by atoms with E-state index in [1.807, 2.05) is 12.1 Å². The van der Waals surface area contributed by atoms with Crippen molar-refractivity contribution in [1.82, 2.24) is 10.3 Å². The lowest BCUT2D eigenvalue weighted by atomic mass is 9.75. The predicted octanol–water partition coefficient (Wildman–Crippen LogP) is 2.71. The molecule has 1 saturated carbocycles. The van der Waals surface area contributed by atoms with Crippen LogP contribution in [0, 0.1) is 5.41 Å². The topological polar surface area (TPSA) is 42.0 Å². The highest BCUT2D eigenvalue weighted by Crippen LogP contribution is 2.34. The van der Waals surface area contributed by atoms with Gasteiger partial charge in [0.15, 0.2) is 0 Å². The Balaban J connectivity index is 1.79. The second-order valence-corrected chi connectivity index (χ2v) is 6.04. The molecule has 0 radical (unpaired) electrons. The van der Waals surface area contributed by atoms with Gasteiger partial charge in [0.05, 0.1) is 6.42 Å². The maximum Gasteiger partial charge on any atom is 0.224 e. The molecule has 0 aromatic carbocycles. The van der Waals surface area contributed by atoms with E-state index in [9.17, 15) is 4.79 Å². The number of hydrogen-bond donors (Lipinski definition) is 1. The standard InChI is InChI=1S/C15H22N2O/c1-15(2)7-3-13(4-8-15)17-14(18)11-12-5-9-16-10-6-12/h5-6,9-10,13H,3-4,7-8,11H2,1-2H3,(H,17,18). The minimum atomic E-state index is 0.130. The summed E-state index contributed by atoms with van der Waals surface area (Å²) < 4.78 is 0. The summed E-state index contributed by atoms with van der Waals surface area (Å²) in [4.78, 5) is 15.9. The number of aromatic nitrogens is 1. The zero-order valence-electron chi connectivity index (χ0n) is 11.3. The lowest BCUT2D eigenvalue weighted by molar-refractivity contribution is -0.121. The predicted molar refractivity (Wildman–Crippen MR) is 72.1 cm³/mol. The molecule has 98 valence electrons. The molecule has 0 aliphatic heterocycles. The smallest absolute Gasteiger partial charge is 0.224 e. The van der Waals surface area contributed by atoms with Crippen molar-refractivity contribution < 1.29 is 4.79 Å². The molecule has 3 heteroatoms. The van der Waals surface area contributed by atoms with Crippen LogP contribution in [0.2, 0.25) is 0 Å². The van der Waals surface area contributed by atoms with Crippen molar-refractivity contribution in [1.29, 1.82) is 0 Å². The fourth-order valence-electron chi connectivity index (χ4n) is 2.51. The fourth-order valence-corrected chi connectivity index (χ4v) is 2.51. The second kappa shape index (κ2) is 5.51. The monoisotopic (exact) mass is 246 g/mol. The minimum Gasteiger partial charge on any atom is -0.353 e. The summed E-state index contributed by atoms with van der Waals surface area (Å²) in [6, 6.07) is 4.15. The van der Waals surface area contributed by atoms with Gasteiger partial charge in [-0.25, -0.2) is 0 Å². The van der Waals surface area contributed by atoms with Crippen molar-refractivity contribution >= 4 is 5.91 Å². The SMILES string of the molecule is CC1(C)CCC(NC(=O)Cc2ccncc2)CC1. The Morgan fingerprint density at radius 3 is 2.56 bits per heavy atom. The summed E-state index contributed by atoms with van der Waals surface area (Å²) >= 11 is 0. The van der Waals surface area contributed by atoms with Gasteiger partial charge in [0.25, 0.3) is 0 Å². The molecule has 1 fully saturated rings. The Hall–Kier alpha value is -1.38. The van der Waals surface area contributed by atoms with Crippen LogP contribution in [-0.4, -0.2) is 16.9 Å². The van der Waals surface area contributed by atoms with Crippen LogP contribution in [0.15, 0.2) is 24.5 Å². The zero-order chi connectivity index (χ0) is 13.0. The van der Waals surface area contributed by atoms with Crippen molar-refractivity contribution in [2.45, 2.75) is 52.0 Å². The van der Waals surface area contributed by atoms with Crippen LogP contribution in [0.4, 0.5) is 0 Å². The molecule has 3 nitrogen and oxygen atoms in total. The van der Waals surface area contributed by atoms with E-state index < -0.39 is 0 Å². The number of hydrogen-bond acceptors (Lipinski definition) is 2. The Morgan fingerprint density at radius 1 is 1.33 bits per heavy atom. The van der Waals surface area contributed by atoms with Crippen LogP contribution in [0.25, 0.3) is 0 Å². The first kappa shape index (κ1) is 13.1. The number of carbonyl (C=O) groups excluding carboxylic acids is 1. The van der Waals surface area contributed by atoms with E-state index in [4.69, 9.17) is 0 Å². The summed E-state index contributed by atoms with van der Waals surface area (Å²) in [5, 5.41) is 3.15. The van der Waals surface area contributed by atoms with Crippen molar-refractivity contribution in [2.24, 2.45) is 5.41 Å². The average Bonchev–Trinajstić information content (AvgIpc) is 2.33. The highest BCUT2D eigenvalue weighted by atomic mass is 16.1. The van der Waals surface area contributed by atoms with Gasteiger partial charge in [0, 0.05) is 18.4 Å². The molecule has 18 heavy (non-hydrogen) atoms. The first-order chi connectivity index (χ1) is 8.55. The summed E-state index contributed by atoms with van der Waals surface area (Å²) in [5.74, 6) is 0.130. The molecule has 1 N–H and O–H groups in total. The number of rotatable bonds is 3. The summed E-state index contributed by atoms with van der Waals surface area (Å²) in [6.07, 6.45) is 8.53. The van der Waals surface area contributed by atoms with Gasteiger partial charge in [-0.2, -0.15) is 0 Å². The molecule has 2 rings (SSSR count). The first-order valence-corrected chi connectivity index (χ1v) is 6.73.